The van der Waals surface area contributed by atoms with Gasteiger partial charge in [-0.05, 0) is 19.2 Å². The van der Waals surface area contributed by atoms with E-state index < -0.39 is 0 Å². The molecule has 0 aliphatic carbocycles. The predicted octanol–water partition coefficient (Wildman–Crippen LogP) is 3.14. The molecule has 3 rings (SSSR count). The first kappa shape index (κ1) is 14.3. The van der Waals surface area contributed by atoms with Crippen molar-refractivity contribution in [3.63, 3.8) is 0 Å². The minimum Gasteiger partial charge on any atom is -0.372 e. The second-order valence-corrected chi connectivity index (χ2v) is 5.83. The van der Waals surface area contributed by atoms with E-state index in [9.17, 15) is 4.79 Å². The maximum absolute atomic E-state index is 12.8. The Kier molecular flexibility index (Phi) is 3.83. The number of nitrogens with zero attached hydrogens (tertiary/aromatic N) is 2. The molecule has 5 heteroatoms. The third-order valence-electron chi connectivity index (χ3n) is 3.68. The number of amides is 1. The molecule has 0 radical (unpaired) electrons. The van der Waals surface area contributed by atoms with Crippen LogP contribution in [0.3, 0.4) is 0 Å². The van der Waals surface area contributed by atoms with E-state index in [1.165, 1.54) is 0 Å². The molecule has 0 saturated carbocycles. The van der Waals surface area contributed by atoms with Crippen LogP contribution < -0.4 is 0 Å². The molecule has 0 bridgehead atoms. The normalized spacial score (nSPS) is 22.5. The number of carbonyl (C=O) groups is 1. The molecule has 1 aromatic heterocycles. The summed E-state index contributed by atoms with van der Waals surface area (Å²) in [6.45, 7) is 5.16. The molecule has 2 unspecified atom stereocenters. The fraction of sp³-hybridized carbons (Fsp3) is 0.375. The summed E-state index contributed by atoms with van der Waals surface area (Å²) in [5, 5.41) is 2.07. The van der Waals surface area contributed by atoms with Crippen LogP contribution in [-0.4, -0.2) is 41.1 Å². The summed E-state index contributed by atoms with van der Waals surface area (Å²) in [5.41, 5.74) is 0.594. The molecule has 2 heterocycles. The van der Waals surface area contributed by atoms with Crippen LogP contribution in [0.4, 0.5) is 0 Å². The first-order valence-electron chi connectivity index (χ1n) is 7.04. The average molecular weight is 305 g/mol. The molecule has 21 heavy (non-hydrogen) atoms. The number of fused-ring (bicyclic) bond motifs is 1. The van der Waals surface area contributed by atoms with Crippen molar-refractivity contribution in [1.82, 2.24) is 9.88 Å². The monoisotopic (exact) mass is 304 g/mol. The highest BCUT2D eigenvalue weighted by Gasteiger charge is 2.27. The van der Waals surface area contributed by atoms with E-state index in [0.29, 0.717) is 23.8 Å². The van der Waals surface area contributed by atoms with Gasteiger partial charge in [0.15, 0.2) is 0 Å². The summed E-state index contributed by atoms with van der Waals surface area (Å²) < 4.78 is 5.68. The number of hydrogen-bond acceptors (Lipinski definition) is 3. The minimum absolute atomic E-state index is 0.0163. The largest absolute Gasteiger partial charge is 0.372 e. The molecule has 0 spiro atoms. The van der Waals surface area contributed by atoms with Crippen LogP contribution in [0.25, 0.3) is 10.8 Å². The molecule has 1 saturated heterocycles. The standard InChI is InChI=1S/C16H17ClN2O2/c1-10-8-19(9-11(2)21-10)16(20)14-7-18-15(17)13-6-4-3-5-12(13)14/h3-7,10-11H,8-9H2,1-2H3. The number of aromatic nitrogens is 1. The number of pyridine rings is 1. The van der Waals surface area contributed by atoms with Gasteiger partial charge in [0.05, 0.1) is 17.8 Å². The van der Waals surface area contributed by atoms with Gasteiger partial charge in [-0.1, -0.05) is 35.9 Å². The lowest BCUT2D eigenvalue weighted by Crippen LogP contribution is -2.48. The second-order valence-electron chi connectivity index (χ2n) is 5.48. The van der Waals surface area contributed by atoms with E-state index in [1.807, 2.05) is 43.0 Å². The van der Waals surface area contributed by atoms with Crippen molar-refractivity contribution in [3.05, 3.63) is 41.2 Å². The van der Waals surface area contributed by atoms with Crippen LogP contribution in [0.15, 0.2) is 30.5 Å². The zero-order valence-corrected chi connectivity index (χ0v) is 12.8. The maximum Gasteiger partial charge on any atom is 0.256 e. The topological polar surface area (TPSA) is 42.4 Å². The Morgan fingerprint density at radius 2 is 1.86 bits per heavy atom. The van der Waals surface area contributed by atoms with Crippen molar-refractivity contribution < 1.29 is 9.53 Å². The van der Waals surface area contributed by atoms with Gasteiger partial charge in [-0.25, -0.2) is 4.98 Å². The Balaban J connectivity index is 2.00. The number of hydrogen-bond donors (Lipinski definition) is 0. The zero-order chi connectivity index (χ0) is 15.0. The molecule has 1 fully saturated rings. The summed E-state index contributed by atoms with van der Waals surface area (Å²) >= 11 is 6.11. The molecule has 1 aromatic carbocycles. The van der Waals surface area contributed by atoms with Gasteiger partial charge in [0.2, 0.25) is 0 Å². The summed E-state index contributed by atoms with van der Waals surface area (Å²) in [7, 11) is 0. The lowest BCUT2D eigenvalue weighted by atomic mass is 10.1. The quantitative estimate of drug-likeness (QED) is 0.760. The number of halogens is 1. The van der Waals surface area contributed by atoms with E-state index in [4.69, 9.17) is 16.3 Å². The average Bonchev–Trinajstić information content (AvgIpc) is 2.46. The van der Waals surface area contributed by atoms with E-state index in [2.05, 4.69) is 4.98 Å². The summed E-state index contributed by atoms with van der Waals surface area (Å²) in [6, 6.07) is 7.58. The Morgan fingerprint density at radius 3 is 2.52 bits per heavy atom. The number of ether oxygens (including phenoxy) is 1. The molecule has 1 amide bonds. The van der Waals surface area contributed by atoms with Crippen molar-refractivity contribution in [1.29, 1.82) is 0 Å². The molecule has 110 valence electrons. The fourth-order valence-corrected chi connectivity index (χ4v) is 3.06. The fourth-order valence-electron chi connectivity index (χ4n) is 2.84. The second kappa shape index (κ2) is 5.62. The van der Waals surface area contributed by atoms with Gasteiger partial charge in [-0.15, -0.1) is 0 Å². The first-order valence-corrected chi connectivity index (χ1v) is 7.42. The van der Waals surface area contributed by atoms with Gasteiger partial charge in [0.1, 0.15) is 5.15 Å². The predicted molar refractivity (Wildman–Crippen MR) is 82.7 cm³/mol. The zero-order valence-electron chi connectivity index (χ0n) is 12.0. The molecular weight excluding hydrogens is 288 g/mol. The summed E-state index contributed by atoms with van der Waals surface area (Å²) in [5.74, 6) is -0.0163. The van der Waals surface area contributed by atoms with Gasteiger partial charge in [-0.3, -0.25) is 4.79 Å². The van der Waals surface area contributed by atoms with Crippen molar-refractivity contribution in [2.75, 3.05) is 13.1 Å². The Hall–Kier alpha value is -1.65. The number of rotatable bonds is 1. The maximum atomic E-state index is 12.8. The Morgan fingerprint density at radius 1 is 1.24 bits per heavy atom. The van der Waals surface area contributed by atoms with Gasteiger partial charge >= 0.3 is 0 Å². The molecule has 2 aromatic rings. The Labute approximate surface area is 128 Å². The van der Waals surface area contributed by atoms with Crippen LogP contribution in [0, 0.1) is 0 Å². The third kappa shape index (κ3) is 2.74. The molecule has 1 aliphatic rings. The molecule has 1 aliphatic heterocycles. The molecule has 4 nitrogen and oxygen atoms in total. The van der Waals surface area contributed by atoms with Crippen LogP contribution >= 0.6 is 11.6 Å². The number of carbonyl (C=O) groups excluding carboxylic acids is 1. The first-order chi connectivity index (χ1) is 10.1. The number of morpholine rings is 1. The smallest absolute Gasteiger partial charge is 0.256 e. The van der Waals surface area contributed by atoms with Gasteiger partial charge in [0.25, 0.3) is 5.91 Å². The van der Waals surface area contributed by atoms with Gasteiger partial charge in [-0.2, -0.15) is 0 Å². The minimum atomic E-state index is -0.0163. The van der Waals surface area contributed by atoms with E-state index >= 15 is 0 Å². The molecule has 0 N–H and O–H groups in total. The van der Waals surface area contributed by atoms with E-state index in [0.717, 1.165) is 10.8 Å². The van der Waals surface area contributed by atoms with Crippen LogP contribution in [0.5, 0.6) is 0 Å². The molecular formula is C16H17ClN2O2. The van der Waals surface area contributed by atoms with Crippen molar-refractivity contribution >= 4 is 28.3 Å². The molecule has 2 atom stereocenters. The van der Waals surface area contributed by atoms with E-state index in [1.54, 1.807) is 6.20 Å². The van der Waals surface area contributed by atoms with Crippen molar-refractivity contribution in [3.8, 4) is 0 Å². The highest BCUT2D eigenvalue weighted by Crippen LogP contribution is 2.26. The van der Waals surface area contributed by atoms with Crippen molar-refractivity contribution in [2.45, 2.75) is 26.1 Å². The highest BCUT2D eigenvalue weighted by atomic mass is 35.5. The van der Waals surface area contributed by atoms with E-state index in [-0.39, 0.29) is 18.1 Å². The lowest BCUT2D eigenvalue weighted by Gasteiger charge is -2.35. The van der Waals surface area contributed by atoms with Crippen LogP contribution in [0.2, 0.25) is 5.15 Å². The lowest BCUT2D eigenvalue weighted by molar-refractivity contribution is -0.0585. The van der Waals surface area contributed by atoms with Crippen LogP contribution in [-0.2, 0) is 4.74 Å². The highest BCUT2D eigenvalue weighted by molar-refractivity contribution is 6.34. The van der Waals surface area contributed by atoms with Gasteiger partial charge < -0.3 is 9.64 Å². The van der Waals surface area contributed by atoms with Crippen molar-refractivity contribution in [2.24, 2.45) is 0 Å². The van der Waals surface area contributed by atoms with Gasteiger partial charge in [0, 0.05) is 24.7 Å². The SMILES string of the molecule is CC1CN(C(=O)c2cnc(Cl)c3ccccc23)CC(C)O1. The Bertz CT molecular complexity index is 679. The number of benzene rings is 1. The third-order valence-corrected chi connectivity index (χ3v) is 3.98. The summed E-state index contributed by atoms with van der Waals surface area (Å²) in [6.07, 6.45) is 1.66. The summed E-state index contributed by atoms with van der Waals surface area (Å²) in [4.78, 5) is 18.8. The van der Waals surface area contributed by atoms with Crippen LogP contribution in [0.1, 0.15) is 24.2 Å².